The highest BCUT2D eigenvalue weighted by molar-refractivity contribution is 7.89. The lowest BCUT2D eigenvalue weighted by Gasteiger charge is -2.37. The van der Waals surface area contributed by atoms with Gasteiger partial charge in [0.15, 0.2) is 0 Å². The lowest BCUT2D eigenvalue weighted by Crippen LogP contribution is -2.51. The van der Waals surface area contributed by atoms with Gasteiger partial charge in [-0.3, -0.25) is 0 Å². The highest BCUT2D eigenvalue weighted by Gasteiger charge is 2.33. The number of ether oxygens (including phenoxy) is 1. The summed E-state index contributed by atoms with van der Waals surface area (Å²) < 4.78 is 36.2. The molecule has 1 saturated carbocycles. The van der Waals surface area contributed by atoms with Crippen molar-refractivity contribution < 1.29 is 13.2 Å². The van der Waals surface area contributed by atoms with Gasteiger partial charge >= 0.3 is 0 Å². The van der Waals surface area contributed by atoms with Gasteiger partial charge in [-0.15, -0.1) is 0 Å². The molecule has 6 rings (SSSR count). The molecule has 0 spiro atoms. The van der Waals surface area contributed by atoms with Gasteiger partial charge in [0.05, 0.1) is 12.0 Å². The first kappa shape index (κ1) is 28.9. The summed E-state index contributed by atoms with van der Waals surface area (Å²) in [5, 5.41) is 5.89. The molecule has 0 heterocycles. The maximum absolute atomic E-state index is 13.8. The van der Waals surface area contributed by atoms with Crippen LogP contribution in [0.1, 0.15) is 61.1 Å². The normalized spacial score (nSPS) is 20.2. The van der Waals surface area contributed by atoms with Gasteiger partial charge in [0, 0.05) is 24.5 Å². The first-order valence-corrected chi connectivity index (χ1v) is 16.9. The van der Waals surface area contributed by atoms with E-state index in [-0.39, 0.29) is 12.1 Å². The number of nitrogens with one attached hydrogen (secondary N) is 2. The number of rotatable bonds is 10. The van der Waals surface area contributed by atoms with Crippen LogP contribution < -0.4 is 14.8 Å². The Bertz CT molecular complexity index is 1600. The molecule has 220 valence electrons. The summed E-state index contributed by atoms with van der Waals surface area (Å²) in [5.74, 6) is 1.53. The van der Waals surface area contributed by atoms with Crippen LogP contribution in [-0.4, -0.2) is 34.2 Å². The molecule has 0 radical (unpaired) electrons. The van der Waals surface area contributed by atoms with Crippen molar-refractivity contribution in [2.24, 2.45) is 5.92 Å². The molecule has 42 heavy (non-hydrogen) atoms. The lowest BCUT2D eigenvalue weighted by molar-refractivity contribution is 0.267. The van der Waals surface area contributed by atoms with Crippen LogP contribution >= 0.6 is 0 Å². The zero-order valence-corrected chi connectivity index (χ0v) is 25.3. The van der Waals surface area contributed by atoms with Crippen LogP contribution in [0.3, 0.4) is 0 Å². The third-order valence-electron chi connectivity index (χ3n) is 9.42. The van der Waals surface area contributed by atoms with E-state index in [2.05, 4.69) is 58.6 Å². The average Bonchev–Trinajstić information content (AvgIpc) is 3.04. The van der Waals surface area contributed by atoms with E-state index in [1.54, 1.807) is 19.2 Å². The van der Waals surface area contributed by atoms with Crippen molar-refractivity contribution in [3.8, 4) is 5.75 Å². The minimum Gasteiger partial charge on any atom is -0.497 e. The van der Waals surface area contributed by atoms with Crippen molar-refractivity contribution in [3.05, 3.63) is 108 Å². The molecule has 0 amide bonds. The smallest absolute Gasteiger partial charge is 0.240 e. The van der Waals surface area contributed by atoms with Crippen LogP contribution in [0.25, 0.3) is 10.8 Å². The van der Waals surface area contributed by atoms with Crippen LogP contribution in [-0.2, 0) is 22.9 Å². The summed E-state index contributed by atoms with van der Waals surface area (Å²) >= 11 is 0. The van der Waals surface area contributed by atoms with E-state index in [1.165, 1.54) is 23.1 Å². The summed E-state index contributed by atoms with van der Waals surface area (Å²) in [6.07, 6.45) is 8.60. The fourth-order valence-corrected chi connectivity index (χ4v) is 8.44. The fourth-order valence-electron chi connectivity index (χ4n) is 7.10. The van der Waals surface area contributed by atoms with Gasteiger partial charge in [0.2, 0.25) is 10.0 Å². The third kappa shape index (κ3) is 6.56. The molecule has 4 aromatic carbocycles. The fraction of sp³-hybridized carbons (Fsp3) is 0.389. The summed E-state index contributed by atoms with van der Waals surface area (Å²) in [4.78, 5) is 0.338. The van der Waals surface area contributed by atoms with E-state index in [1.807, 2.05) is 30.3 Å². The highest BCUT2D eigenvalue weighted by Crippen LogP contribution is 2.37. The van der Waals surface area contributed by atoms with E-state index >= 15 is 0 Å². The van der Waals surface area contributed by atoms with Crippen LogP contribution in [0.15, 0.2) is 95.9 Å². The SMILES string of the molecule is COc1ccc2c(c1)CC[C@@H](NC[C@@H](NS(=O)(=O)c1ccc3ccccc3c1)C1CCCCC1)[C@@H]2Cc1ccccc1. The Morgan fingerprint density at radius 1 is 0.833 bits per heavy atom. The number of aryl methyl sites for hydroxylation is 1. The number of benzene rings is 4. The molecule has 5 nitrogen and oxygen atoms in total. The minimum absolute atomic E-state index is 0.156. The predicted octanol–water partition coefficient (Wildman–Crippen LogP) is 7.01. The second-order valence-corrected chi connectivity index (χ2v) is 13.8. The second-order valence-electron chi connectivity index (χ2n) is 12.0. The molecule has 2 aliphatic rings. The largest absolute Gasteiger partial charge is 0.497 e. The van der Waals surface area contributed by atoms with E-state index < -0.39 is 10.0 Å². The average molecular weight is 583 g/mol. The standard InChI is InChI=1S/C36H42N2O3S/c1-41-31-18-20-33-30(23-31)17-21-35(34(33)22-26-10-4-2-5-11-26)37-25-36(28-13-6-3-7-14-28)38-42(39,40)32-19-16-27-12-8-9-15-29(27)24-32/h2,4-5,8-12,15-16,18-20,23-24,28,34-38H,3,6-7,13-14,17,21-22,25H2,1H3/t34-,35-,36-/m1/s1. The molecule has 0 bridgehead atoms. The van der Waals surface area contributed by atoms with Gasteiger partial charge in [-0.2, -0.15) is 0 Å². The van der Waals surface area contributed by atoms with Gasteiger partial charge in [-0.1, -0.05) is 86.0 Å². The van der Waals surface area contributed by atoms with Crippen LogP contribution in [0.5, 0.6) is 5.75 Å². The zero-order chi connectivity index (χ0) is 28.9. The van der Waals surface area contributed by atoms with Crippen LogP contribution in [0.2, 0.25) is 0 Å². The van der Waals surface area contributed by atoms with Gasteiger partial charge in [-0.05, 0) is 89.8 Å². The van der Waals surface area contributed by atoms with Crippen LogP contribution in [0.4, 0.5) is 0 Å². The van der Waals surface area contributed by atoms with E-state index in [4.69, 9.17) is 4.74 Å². The maximum Gasteiger partial charge on any atom is 0.240 e. The lowest BCUT2D eigenvalue weighted by atomic mass is 9.76. The molecule has 1 fully saturated rings. The number of fused-ring (bicyclic) bond motifs is 2. The molecule has 0 saturated heterocycles. The quantitative estimate of drug-likeness (QED) is 0.211. The monoisotopic (exact) mass is 582 g/mol. The third-order valence-corrected chi connectivity index (χ3v) is 10.9. The Labute approximate surface area is 250 Å². The molecular weight excluding hydrogens is 540 g/mol. The van der Waals surface area contributed by atoms with E-state index in [9.17, 15) is 8.42 Å². The van der Waals surface area contributed by atoms with Gasteiger partial charge in [-0.25, -0.2) is 13.1 Å². The summed E-state index contributed by atoms with van der Waals surface area (Å²) in [6.45, 7) is 0.624. The van der Waals surface area contributed by atoms with Gasteiger partial charge in [0.1, 0.15) is 5.75 Å². The Kier molecular flexibility index (Phi) is 8.94. The molecule has 4 aromatic rings. The Balaban J connectivity index is 1.24. The first-order valence-electron chi connectivity index (χ1n) is 15.5. The molecule has 2 N–H and O–H groups in total. The maximum atomic E-state index is 13.8. The van der Waals surface area contributed by atoms with Crippen molar-refractivity contribution in [3.63, 3.8) is 0 Å². The highest BCUT2D eigenvalue weighted by atomic mass is 32.2. The molecule has 6 heteroatoms. The number of hydrogen-bond acceptors (Lipinski definition) is 4. The number of methoxy groups -OCH3 is 1. The van der Waals surface area contributed by atoms with Crippen molar-refractivity contribution >= 4 is 20.8 Å². The Morgan fingerprint density at radius 2 is 1.60 bits per heavy atom. The number of sulfonamides is 1. The molecular formula is C36H42N2O3S. The predicted molar refractivity (Wildman–Crippen MR) is 171 cm³/mol. The summed E-state index contributed by atoms with van der Waals surface area (Å²) in [7, 11) is -1.95. The van der Waals surface area contributed by atoms with E-state index in [0.717, 1.165) is 61.5 Å². The topological polar surface area (TPSA) is 67.4 Å². The Morgan fingerprint density at radius 3 is 2.38 bits per heavy atom. The number of hydrogen-bond donors (Lipinski definition) is 2. The summed E-state index contributed by atoms with van der Waals surface area (Å²) in [6, 6.07) is 30.6. The molecule has 3 atom stereocenters. The van der Waals surface area contributed by atoms with Crippen molar-refractivity contribution in [1.82, 2.24) is 10.0 Å². The zero-order valence-electron chi connectivity index (χ0n) is 24.5. The van der Waals surface area contributed by atoms with Crippen molar-refractivity contribution in [2.75, 3.05) is 13.7 Å². The molecule has 2 aliphatic carbocycles. The Hall–Kier alpha value is -3.19. The van der Waals surface area contributed by atoms with Gasteiger partial charge in [0.25, 0.3) is 0 Å². The van der Waals surface area contributed by atoms with Crippen molar-refractivity contribution in [2.45, 2.75) is 74.3 Å². The van der Waals surface area contributed by atoms with E-state index in [0.29, 0.717) is 23.3 Å². The molecule has 0 aliphatic heterocycles. The van der Waals surface area contributed by atoms with Crippen LogP contribution in [0, 0.1) is 5.92 Å². The molecule has 0 unspecified atom stereocenters. The molecule has 0 aromatic heterocycles. The minimum atomic E-state index is -3.68. The summed E-state index contributed by atoms with van der Waals surface area (Å²) in [5.41, 5.74) is 4.04. The second kappa shape index (κ2) is 13.0. The van der Waals surface area contributed by atoms with Gasteiger partial charge < -0.3 is 10.1 Å². The van der Waals surface area contributed by atoms with Crippen molar-refractivity contribution in [1.29, 1.82) is 0 Å². The first-order chi connectivity index (χ1) is 20.5.